The number of H-pyrrole nitrogens is 1. The first kappa shape index (κ1) is 19.7. The summed E-state index contributed by atoms with van der Waals surface area (Å²) in [6.07, 6.45) is 3.95. The van der Waals surface area contributed by atoms with Gasteiger partial charge in [0.15, 0.2) is 5.16 Å². The molecular weight excluding hydrogens is 382 g/mol. The number of nitrogens with one attached hydrogen (secondary N) is 2. The predicted molar refractivity (Wildman–Crippen MR) is 115 cm³/mol. The first-order valence-electron chi connectivity index (χ1n) is 9.94. The largest absolute Gasteiger partial charge is 0.350 e. The first-order chi connectivity index (χ1) is 14.3. The number of amides is 1. The number of thioether (sulfide) groups is 1. The fourth-order valence-corrected chi connectivity index (χ4v) is 4.38. The van der Waals surface area contributed by atoms with Crippen LogP contribution in [0.15, 0.2) is 66.1 Å². The summed E-state index contributed by atoms with van der Waals surface area (Å²) in [6, 6.07) is 18.4. The maximum absolute atomic E-state index is 12.7. The number of carbonyl (C=O) groups excluding carboxylic acids is 1. The molecule has 1 aromatic heterocycles. The smallest absolute Gasteiger partial charge is 0.251 e. The summed E-state index contributed by atoms with van der Waals surface area (Å²) in [4.78, 5) is 19.3. The topological polar surface area (TPSA) is 73.9 Å². The highest BCUT2D eigenvalue weighted by Crippen LogP contribution is 2.24. The van der Waals surface area contributed by atoms with Crippen LogP contribution < -0.4 is 5.32 Å². The highest BCUT2D eigenvalue weighted by Gasteiger charge is 2.23. The Bertz CT molecular complexity index is 893. The molecule has 0 radical (unpaired) electrons. The van der Waals surface area contributed by atoms with Gasteiger partial charge in [-0.2, -0.15) is 5.10 Å². The molecule has 6 nitrogen and oxygen atoms in total. The van der Waals surface area contributed by atoms with E-state index in [0.717, 1.165) is 29.6 Å². The Balaban J connectivity index is 1.35. The summed E-state index contributed by atoms with van der Waals surface area (Å²) in [7, 11) is 0. The van der Waals surface area contributed by atoms with Crippen LogP contribution in [0.5, 0.6) is 0 Å². The van der Waals surface area contributed by atoms with Crippen LogP contribution in [0, 0.1) is 0 Å². The van der Waals surface area contributed by atoms with Crippen LogP contribution in [0.25, 0.3) is 0 Å². The lowest BCUT2D eigenvalue weighted by molar-refractivity contribution is 0.0938. The molecule has 1 saturated heterocycles. The van der Waals surface area contributed by atoms with Crippen molar-refractivity contribution in [2.75, 3.05) is 19.6 Å². The Labute approximate surface area is 175 Å². The molecule has 29 heavy (non-hydrogen) atoms. The normalized spacial score (nSPS) is 15.3. The molecule has 2 heterocycles. The van der Waals surface area contributed by atoms with Crippen LogP contribution in [0.2, 0.25) is 0 Å². The van der Waals surface area contributed by atoms with Crippen LogP contribution >= 0.6 is 11.8 Å². The van der Waals surface area contributed by atoms with Gasteiger partial charge in [-0.25, -0.2) is 4.98 Å². The van der Waals surface area contributed by atoms with Crippen molar-refractivity contribution in [3.63, 3.8) is 0 Å². The number of likely N-dealkylation sites (tertiary alicyclic amines) is 1. The second kappa shape index (κ2) is 9.71. The number of aromatic nitrogens is 3. The zero-order chi connectivity index (χ0) is 19.9. The Morgan fingerprint density at radius 1 is 1.10 bits per heavy atom. The standard InChI is InChI=1S/C22H25N5OS/c28-21(19-10-8-17(9-11-19)15-29-22-24-16-25-26-22)23-14-20(27-12-4-5-13-27)18-6-2-1-3-7-18/h1-3,6-11,16,20H,4-5,12-15H2,(H,23,28)(H,24,25,26). The highest BCUT2D eigenvalue weighted by atomic mass is 32.2. The molecular formula is C22H25N5OS. The fourth-order valence-electron chi connectivity index (χ4n) is 3.65. The molecule has 7 heteroatoms. The minimum absolute atomic E-state index is 0.0282. The number of carbonyl (C=O) groups is 1. The van der Waals surface area contributed by atoms with Gasteiger partial charge in [0.2, 0.25) is 0 Å². The average molecular weight is 408 g/mol. The van der Waals surface area contributed by atoms with Gasteiger partial charge in [-0.3, -0.25) is 14.8 Å². The lowest BCUT2D eigenvalue weighted by Gasteiger charge is -2.28. The highest BCUT2D eigenvalue weighted by molar-refractivity contribution is 7.98. The van der Waals surface area contributed by atoms with Crippen LogP contribution in [0.4, 0.5) is 0 Å². The molecule has 0 saturated carbocycles. The Kier molecular flexibility index (Phi) is 6.59. The molecule has 0 bridgehead atoms. The summed E-state index contributed by atoms with van der Waals surface area (Å²) in [6.45, 7) is 2.80. The van der Waals surface area contributed by atoms with E-state index in [0.29, 0.717) is 12.1 Å². The summed E-state index contributed by atoms with van der Waals surface area (Å²) >= 11 is 1.59. The van der Waals surface area contributed by atoms with Gasteiger partial charge in [-0.15, -0.1) is 0 Å². The number of aromatic amines is 1. The van der Waals surface area contributed by atoms with E-state index in [1.165, 1.54) is 24.7 Å². The zero-order valence-electron chi connectivity index (χ0n) is 16.3. The number of nitrogens with zero attached hydrogens (tertiary/aromatic N) is 3. The van der Waals surface area contributed by atoms with Gasteiger partial charge in [0.1, 0.15) is 6.33 Å². The lowest BCUT2D eigenvalue weighted by atomic mass is 10.1. The molecule has 1 aliphatic heterocycles. The number of hydrogen-bond acceptors (Lipinski definition) is 5. The van der Waals surface area contributed by atoms with Crippen molar-refractivity contribution in [3.8, 4) is 0 Å². The molecule has 0 spiro atoms. The van der Waals surface area contributed by atoms with E-state index in [9.17, 15) is 4.79 Å². The summed E-state index contributed by atoms with van der Waals surface area (Å²) < 4.78 is 0. The van der Waals surface area contributed by atoms with E-state index in [1.807, 2.05) is 30.3 Å². The van der Waals surface area contributed by atoms with Gasteiger partial charge < -0.3 is 5.32 Å². The Morgan fingerprint density at radius 3 is 2.55 bits per heavy atom. The monoisotopic (exact) mass is 407 g/mol. The second-order valence-corrected chi connectivity index (χ2v) is 8.12. The van der Waals surface area contributed by atoms with Gasteiger partial charge in [0.25, 0.3) is 5.91 Å². The number of hydrogen-bond donors (Lipinski definition) is 2. The third kappa shape index (κ3) is 5.25. The molecule has 2 N–H and O–H groups in total. The van der Waals surface area contributed by atoms with Crippen molar-refractivity contribution in [2.45, 2.75) is 29.8 Å². The predicted octanol–water partition coefficient (Wildman–Crippen LogP) is 3.66. The zero-order valence-corrected chi connectivity index (χ0v) is 17.1. The van der Waals surface area contributed by atoms with E-state index < -0.39 is 0 Å². The molecule has 3 aromatic rings. The molecule has 1 amide bonds. The molecule has 150 valence electrons. The van der Waals surface area contributed by atoms with Crippen LogP contribution in [-0.2, 0) is 5.75 Å². The van der Waals surface area contributed by atoms with E-state index in [-0.39, 0.29) is 11.9 Å². The van der Waals surface area contributed by atoms with E-state index in [2.05, 4.69) is 49.7 Å². The van der Waals surface area contributed by atoms with Crippen molar-refractivity contribution in [3.05, 3.63) is 77.6 Å². The molecule has 1 atom stereocenters. The molecule has 0 aliphatic carbocycles. The maximum Gasteiger partial charge on any atom is 0.251 e. The quantitative estimate of drug-likeness (QED) is 0.558. The summed E-state index contributed by atoms with van der Waals surface area (Å²) in [5.74, 6) is 0.752. The van der Waals surface area contributed by atoms with Crippen molar-refractivity contribution in [1.82, 2.24) is 25.4 Å². The lowest BCUT2D eigenvalue weighted by Crippen LogP contribution is -2.36. The van der Waals surface area contributed by atoms with Gasteiger partial charge in [-0.05, 0) is 49.2 Å². The summed E-state index contributed by atoms with van der Waals surface area (Å²) in [5, 5.41) is 10.6. The summed E-state index contributed by atoms with van der Waals surface area (Å²) in [5.41, 5.74) is 3.09. The van der Waals surface area contributed by atoms with E-state index >= 15 is 0 Å². The third-order valence-corrected chi connectivity index (χ3v) is 6.15. The SMILES string of the molecule is O=C(NCC(c1ccccc1)N1CCCC1)c1ccc(CSc2ncn[nH]2)cc1. The molecule has 1 fully saturated rings. The minimum Gasteiger partial charge on any atom is -0.350 e. The van der Waals surface area contributed by atoms with E-state index in [1.54, 1.807) is 11.8 Å². The van der Waals surface area contributed by atoms with Gasteiger partial charge in [0, 0.05) is 17.9 Å². The first-order valence-corrected chi connectivity index (χ1v) is 10.9. The van der Waals surface area contributed by atoms with Crippen molar-refractivity contribution in [2.24, 2.45) is 0 Å². The Morgan fingerprint density at radius 2 is 1.86 bits per heavy atom. The fraction of sp³-hybridized carbons (Fsp3) is 0.318. The molecule has 1 aliphatic rings. The third-order valence-electron chi connectivity index (χ3n) is 5.21. The molecule has 1 unspecified atom stereocenters. The second-order valence-electron chi connectivity index (χ2n) is 7.16. The number of rotatable bonds is 8. The molecule has 4 rings (SSSR count). The van der Waals surface area contributed by atoms with Gasteiger partial charge >= 0.3 is 0 Å². The van der Waals surface area contributed by atoms with Crippen molar-refractivity contribution < 1.29 is 4.79 Å². The van der Waals surface area contributed by atoms with Crippen LogP contribution in [-0.4, -0.2) is 45.6 Å². The average Bonchev–Trinajstić information content (AvgIpc) is 3.48. The minimum atomic E-state index is -0.0282. The Hall–Kier alpha value is -2.64. The van der Waals surface area contributed by atoms with E-state index in [4.69, 9.17) is 0 Å². The van der Waals surface area contributed by atoms with Crippen molar-refractivity contribution >= 4 is 17.7 Å². The van der Waals surface area contributed by atoms with Crippen LogP contribution in [0.3, 0.4) is 0 Å². The van der Waals surface area contributed by atoms with Crippen LogP contribution in [0.1, 0.15) is 40.4 Å². The van der Waals surface area contributed by atoms with Gasteiger partial charge in [-0.1, -0.05) is 54.2 Å². The number of benzene rings is 2. The maximum atomic E-state index is 12.7. The van der Waals surface area contributed by atoms with Gasteiger partial charge in [0.05, 0.1) is 6.04 Å². The van der Waals surface area contributed by atoms with Crippen molar-refractivity contribution in [1.29, 1.82) is 0 Å². The molecule has 2 aromatic carbocycles.